The standard InChI is InChI=1S/C17H16ClN5O2S/c1-25-10-5-7(4-8(18)6-10)13-11-12(19)14(15(20)24)26-16(11)23-17(22-13)21-9-2-3-9/h4-6,9H,2-3,19H2,1H3,(H2,20,24)(H,21,22,23). The van der Waals surface area contributed by atoms with Crippen molar-refractivity contribution in [3.05, 3.63) is 28.1 Å². The molecule has 0 saturated heterocycles. The number of ether oxygens (including phenoxy) is 1. The number of halogens is 1. The molecule has 26 heavy (non-hydrogen) atoms. The summed E-state index contributed by atoms with van der Waals surface area (Å²) in [6.07, 6.45) is 2.17. The van der Waals surface area contributed by atoms with E-state index in [9.17, 15) is 4.79 Å². The molecule has 2 aromatic heterocycles. The molecule has 5 N–H and O–H groups in total. The molecule has 0 bridgehead atoms. The first-order chi connectivity index (χ1) is 12.5. The quantitative estimate of drug-likeness (QED) is 0.616. The van der Waals surface area contributed by atoms with Crippen molar-refractivity contribution in [3.8, 4) is 17.0 Å². The number of hydrogen-bond acceptors (Lipinski definition) is 7. The van der Waals surface area contributed by atoms with Crippen molar-refractivity contribution in [1.29, 1.82) is 0 Å². The first kappa shape index (κ1) is 16.9. The highest BCUT2D eigenvalue weighted by atomic mass is 35.5. The Bertz CT molecular complexity index is 1030. The third-order valence-electron chi connectivity index (χ3n) is 4.10. The Hall–Kier alpha value is -2.58. The molecule has 134 valence electrons. The van der Waals surface area contributed by atoms with E-state index in [-0.39, 0.29) is 10.6 Å². The number of anilines is 2. The van der Waals surface area contributed by atoms with E-state index in [1.165, 1.54) is 0 Å². The summed E-state index contributed by atoms with van der Waals surface area (Å²) in [5, 5.41) is 4.38. The molecule has 0 spiro atoms. The summed E-state index contributed by atoms with van der Waals surface area (Å²) in [5.74, 6) is 0.503. The number of benzene rings is 1. The zero-order chi connectivity index (χ0) is 18.4. The minimum atomic E-state index is -0.586. The maximum absolute atomic E-state index is 11.7. The zero-order valence-electron chi connectivity index (χ0n) is 13.9. The van der Waals surface area contributed by atoms with Crippen molar-refractivity contribution in [2.45, 2.75) is 18.9 Å². The van der Waals surface area contributed by atoms with Gasteiger partial charge in [0, 0.05) is 16.6 Å². The molecule has 9 heteroatoms. The number of amides is 1. The molecule has 3 aromatic rings. The maximum atomic E-state index is 11.7. The number of nitrogens with two attached hydrogens (primary N) is 2. The van der Waals surface area contributed by atoms with Gasteiger partial charge in [-0.05, 0) is 31.0 Å². The molecular weight excluding hydrogens is 374 g/mol. The molecule has 1 saturated carbocycles. The summed E-state index contributed by atoms with van der Waals surface area (Å²) in [5.41, 5.74) is 13.2. The molecule has 1 fully saturated rings. The van der Waals surface area contributed by atoms with Gasteiger partial charge in [0.25, 0.3) is 5.91 Å². The van der Waals surface area contributed by atoms with E-state index < -0.39 is 5.91 Å². The summed E-state index contributed by atoms with van der Waals surface area (Å²) < 4.78 is 5.30. The van der Waals surface area contributed by atoms with Gasteiger partial charge in [0.15, 0.2) is 0 Å². The highest BCUT2D eigenvalue weighted by Gasteiger charge is 2.25. The van der Waals surface area contributed by atoms with E-state index in [1.807, 2.05) is 6.07 Å². The van der Waals surface area contributed by atoms with Gasteiger partial charge in [-0.1, -0.05) is 11.6 Å². The lowest BCUT2D eigenvalue weighted by molar-refractivity contribution is 0.100. The Morgan fingerprint density at radius 2 is 2.12 bits per heavy atom. The summed E-state index contributed by atoms with van der Waals surface area (Å²) in [6.45, 7) is 0. The van der Waals surface area contributed by atoms with Crippen LogP contribution in [-0.2, 0) is 0 Å². The van der Waals surface area contributed by atoms with Crippen LogP contribution in [0.4, 0.5) is 11.6 Å². The average Bonchev–Trinajstić information content (AvgIpc) is 3.35. The minimum absolute atomic E-state index is 0.271. The van der Waals surface area contributed by atoms with E-state index in [4.69, 9.17) is 27.8 Å². The van der Waals surface area contributed by atoms with Crippen molar-refractivity contribution in [1.82, 2.24) is 9.97 Å². The lowest BCUT2D eigenvalue weighted by Crippen LogP contribution is -2.10. The number of aromatic nitrogens is 2. The normalized spacial score (nSPS) is 13.8. The SMILES string of the molecule is COc1cc(Cl)cc(-c2nc(NC3CC3)nc3sc(C(N)=O)c(N)c23)c1. The van der Waals surface area contributed by atoms with E-state index in [0.717, 1.165) is 29.7 Å². The fourth-order valence-electron chi connectivity index (χ4n) is 2.71. The zero-order valence-corrected chi connectivity index (χ0v) is 15.4. The Kier molecular flexibility index (Phi) is 4.08. The summed E-state index contributed by atoms with van der Waals surface area (Å²) in [6, 6.07) is 5.67. The van der Waals surface area contributed by atoms with Crippen LogP contribution in [0.5, 0.6) is 5.75 Å². The number of primary amides is 1. The highest BCUT2D eigenvalue weighted by molar-refractivity contribution is 7.21. The van der Waals surface area contributed by atoms with E-state index >= 15 is 0 Å². The van der Waals surface area contributed by atoms with Crippen LogP contribution in [-0.4, -0.2) is 29.0 Å². The Balaban J connectivity index is 1.98. The Morgan fingerprint density at radius 3 is 2.77 bits per heavy atom. The molecule has 0 aliphatic heterocycles. The number of carbonyl (C=O) groups is 1. The van der Waals surface area contributed by atoms with Crippen LogP contribution in [0, 0.1) is 0 Å². The first-order valence-corrected chi connectivity index (χ1v) is 9.17. The molecule has 4 rings (SSSR count). The summed E-state index contributed by atoms with van der Waals surface area (Å²) >= 11 is 7.38. The van der Waals surface area contributed by atoms with Crippen molar-refractivity contribution in [2.24, 2.45) is 5.73 Å². The molecule has 0 atom stereocenters. The number of fused-ring (bicyclic) bond motifs is 1. The van der Waals surface area contributed by atoms with Gasteiger partial charge in [0.2, 0.25) is 5.95 Å². The van der Waals surface area contributed by atoms with Crippen LogP contribution in [0.2, 0.25) is 5.02 Å². The van der Waals surface area contributed by atoms with Crippen molar-refractivity contribution >= 4 is 50.7 Å². The Labute approximate surface area is 158 Å². The van der Waals surface area contributed by atoms with Gasteiger partial charge in [-0.3, -0.25) is 4.79 Å². The molecule has 1 aliphatic rings. The van der Waals surface area contributed by atoms with Gasteiger partial charge in [-0.2, -0.15) is 0 Å². The number of nitrogens with zero attached hydrogens (tertiary/aromatic N) is 2. The van der Waals surface area contributed by atoms with Crippen molar-refractivity contribution in [2.75, 3.05) is 18.2 Å². The third kappa shape index (κ3) is 3.02. The number of carbonyl (C=O) groups excluding carboxylic acids is 1. The molecule has 1 amide bonds. The number of rotatable bonds is 5. The van der Waals surface area contributed by atoms with E-state index in [0.29, 0.717) is 38.7 Å². The van der Waals surface area contributed by atoms with Gasteiger partial charge in [-0.25, -0.2) is 9.97 Å². The molecule has 0 unspecified atom stereocenters. The second-order valence-corrected chi connectivity index (χ2v) is 7.52. The number of methoxy groups -OCH3 is 1. The fraction of sp³-hybridized carbons (Fsp3) is 0.235. The van der Waals surface area contributed by atoms with E-state index in [2.05, 4.69) is 15.3 Å². The minimum Gasteiger partial charge on any atom is -0.497 e. The first-order valence-electron chi connectivity index (χ1n) is 7.97. The van der Waals surface area contributed by atoms with Crippen LogP contribution in [0.15, 0.2) is 18.2 Å². The monoisotopic (exact) mass is 389 g/mol. The van der Waals surface area contributed by atoms with Crippen LogP contribution < -0.4 is 21.5 Å². The number of hydrogen-bond donors (Lipinski definition) is 3. The van der Waals surface area contributed by atoms with Gasteiger partial charge >= 0.3 is 0 Å². The predicted octanol–water partition coefficient (Wildman–Crippen LogP) is 3.28. The fourth-order valence-corrected chi connectivity index (χ4v) is 3.88. The molecule has 1 aliphatic carbocycles. The molecule has 1 aromatic carbocycles. The maximum Gasteiger partial charge on any atom is 0.260 e. The van der Waals surface area contributed by atoms with Crippen LogP contribution in [0.1, 0.15) is 22.5 Å². The van der Waals surface area contributed by atoms with Gasteiger partial charge in [0.05, 0.1) is 23.9 Å². The Morgan fingerprint density at radius 1 is 1.35 bits per heavy atom. The average molecular weight is 390 g/mol. The largest absolute Gasteiger partial charge is 0.497 e. The lowest BCUT2D eigenvalue weighted by Gasteiger charge is -2.10. The smallest absolute Gasteiger partial charge is 0.260 e. The summed E-state index contributed by atoms with van der Waals surface area (Å²) in [4.78, 5) is 21.7. The number of nitrogen functional groups attached to an aromatic ring is 1. The van der Waals surface area contributed by atoms with Gasteiger partial charge < -0.3 is 21.5 Å². The topological polar surface area (TPSA) is 116 Å². The van der Waals surface area contributed by atoms with Crippen LogP contribution in [0.25, 0.3) is 21.5 Å². The highest BCUT2D eigenvalue weighted by Crippen LogP contribution is 2.40. The molecule has 0 radical (unpaired) electrons. The number of nitrogens with one attached hydrogen (secondary N) is 1. The second-order valence-electron chi connectivity index (χ2n) is 6.08. The molecule has 2 heterocycles. The molecule has 7 nitrogen and oxygen atoms in total. The van der Waals surface area contributed by atoms with Crippen LogP contribution >= 0.6 is 22.9 Å². The third-order valence-corrected chi connectivity index (χ3v) is 5.44. The van der Waals surface area contributed by atoms with Crippen molar-refractivity contribution in [3.63, 3.8) is 0 Å². The van der Waals surface area contributed by atoms with Crippen molar-refractivity contribution < 1.29 is 9.53 Å². The van der Waals surface area contributed by atoms with E-state index in [1.54, 1.807) is 19.2 Å². The number of thiophene rings is 1. The predicted molar refractivity (Wildman–Crippen MR) is 104 cm³/mol. The second kappa shape index (κ2) is 6.30. The summed E-state index contributed by atoms with van der Waals surface area (Å²) in [7, 11) is 1.56. The van der Waals surface area contributed by atoms with Crippen LogP contribution in [0.3, 0.4) is 0 Å². The molecular formula is C17H16ClN5O2S. The van der Waals surface area contributed by atoms with Gasteiger partial charge in [0.1, 0.15) is 15.5 Å². The van der Waals surface area contributed by atoms with Gasteiger partial charge in [-0.15, -0.1) is 11.3 Å². The lowest BCUT2D eigenvalue weighted by atomic mass is 10.1.